The second-order valence-corrected chi connectivity index (χ2v) is 7.89. The molecular weight excluding hydrogens is 328 g/mol. The summed E-state index contributed by atoms with van der Waals surface area (Å²) >= 11 is 4.29. The quantitative estimate of drug-likeness (QED) is 0.823. The first-order valence-electron chi connectivity index (χ1n) is 5.17. The van der Waals surface area contributed by atoms with Gasteiger partial charge in [0, 0.05) is 6.54 Å². The van der Waals surface area contributed by atoms with Crippen molar-refractivity contribution in [2.24, 2.45) is 0 Å². The minimum atomic E-state index is -3.61. The molecule has 5 nitrogen and oxygen atoms in total. The maximum Gasteiger partial charge on any atom is 0.268 e. The van der Waals surface area contributed by atoms with Gasteiger partial charge in [0.15, 0.2) is 0 Å². The molecule has 0 saturated heterocycles. The summed E-state index contributed by atoms with van der Waals surface area (Å²) in [5.41, 5.74) is 0.643. The van der Waals surface area contributed by atoms with Gasteiger partial charge in [0.05, 0.1) is 15.6 Å². The van der Waals surface area contributed by atoms with Crippen molar-refractivity contribution in [2.75, 3.05) is 6.54 Å². The van der Waals surface area contributed by atoms with Crippen LogP contribution in [-0.4, -0.2) is 31.2 Å². The van der Waals surface area contributed by atoms with Crippen LogP contribution in [0.2, 0.25) is 0 Å². The summed E-state index contributed by atoms with van der Waals surface area (Å²) in [6.45, 7) is 3.68. The van der Waals surface area contributed by atoms with Crippen LogP contribution in [0.5, 0.6) is 0 Å². The Kier molecular flexibility index (Phi) is 5.52. The van der Waals surface area contributed by atoms with E-state index in [1.54, 1.807) is 6.92 Å². The normalized spacial score (nSPS) is 13.9. The number of rotatable bonds is 6. The number of aromatic nitrogens is 1. The van der Waals surface area contributed by atoms with Crippen molar-refractivity contribution >= 4 is 37.3 Å². The molecule has 0 saturated carbocycles. The zero-order valence-electron chi connectivity index (χ0n) is 9.60. The standard InChI is InChI=1S/C9H15BrN2O3S2/c1-3-4-7(13)5-11-17(14,15)9-12-6(2)8(10)16-9/h7,11,13H,3-5H2,1-2H3. The minimum absolute atomic E-state index is 0.0190. The van der Waals surface area contributed by atoms with Crippen molar-refractivity contribution in [1.29, 1.82) is 0 Å². The van der Waals surface area contributed by atoms with Gasteiger partial charge in [-0.05, 0) is 29.3 Å². The van der Waals surface area contributed by atoms with E-state index < -0.39 is 16.1 Å². The van der Waals surface area contributed by atoms with E-state index >= 15 is 0 Å². The number of aliphatic hydroxyl groups is 1. The third-order valence-electron chi connectivity index (χ3n) is 2.08. The molecule has 2 N–H and O–H groups in total. The smallest absolute Gasteiger partial charge is 0.268 e. The van der Waals surface area contributed by atoms with Crippen LogP contribution < -0.4 is 4.72 Å². The topological polar surface area (TPSA) is 79.3 Å². The molecule has 1 aromatic rings. The van der Waals surface area contributed by atoms with Crippen LogP contribution in [0.3, 0.4) is 0 Å². The number of nitrogens with zero attached hydrogens (tertiary/aromatic N) is 1. The zero-order chi connectivity index (χ0) is 13.1. The van der Waals surface area contributed by atoms with E-state index in [1.807, 2.05) is 6.92 Å². The molecule has 0 aromatic carbocycles. The summed E-state index contributed by atoms with van der Waals surface area (Å²) in [6.07, 6.45) is 0.729. The summed E-state index contributed by atoms with van der Waals surface area (Å²) in [5.74, 6) is 0. The molecular formula is C9H15BrN2O3S2. The maximum atomic E-state index is 11.8. The fraction of sp³-hybridized carbons (Fsp3) is 0.667. The SMILES string of the molecule is CCCC(O)CNS(=O)(=O)c1nc(C)c(Br)s1. The average molecular weight is 343 g/mol. The van der Waals surface area contributed by atoms with Crippen LogP contribution in [0, 0.1) is 6.92 Å². The number of halogens is 1. The lowest BCUT2D eigenvalue weighted by atomic mass is 10.2. The molecule has 8 heteroatoms. The molecule has 1 rings (SSSR count). The fourth-order valence-corrected chi connectivity index (χ4v) is 4.23. The molecule has 0 radical (unpaired) electrons. The molecule has 0 aliphatic rings. The molecule has 98 valence electrons. The Hall–Kier alpha value is -0.0200. The lowest BCUT2D eigenvalue weighted by Gasteiger charge is -2.09. The average Bonchev–Trinajstić information content (AvgIpc) is 2.58. The van der Waals surface area contributed by atoms with Crippen molar-refractivity contribution in [3.63, 3.8) is 0 Å². The summed E-state index contributed by atoms with van der Waals surface area (Å²) in [7, 11) is -3.61. The van der Waals surface area contributed by atoms with Gasteiger partial charge in [-0.3, -0.25) is 0 Å². The Balaban J connectivity index is 2.69. The Morgan fingerprint density at radius 2 is 2.24 bits per heavy atom. The summed E-state index contributed by atoms with van der Waals surface area (Å²) in [6, 6.07) is 0. The largest absolute Gasteiger partial charge is 0.392 e. The Morgan fingerprint density at radius 1 is 1.59 bits per heavy atom. The second kappa shape index (κ2) is 6.24. The van der Waals surface area contributed by atoms with Crippen molar-refractivity contribution in [2.45, 2.75) is 37.1 Å². The molecule has 1 heterocycles. The van der Waals surface area contributed by atoms with Crippen molar-refractivity contribution in [1.82, 2.24) is 9.71 Å². The molecule has 0 spiro atoms. The highest BCUT2D eigenvalue weighted by molar-refractivity contribution is 9.11. The predicted octanol–water partition coefficient (Wildman–Crippen LogP) is 1.65. The number of aliphatic hydroxyl groups excluding tert-OH is 1. The third-order valence-corrected chi connectivity index (χ3v) is 5.89. The molecule has 17 heavy (non-hydrogen) atoms. The van der Waals surface area contributed by atoms with Crippen LogP contribution in [0.15, 0.2) is 8.13 Å². The third kappa shape index (κ3) is 4.29. The molecule has 0 fully saturated rings. The van der Waals surface area contributed by atoms with Gasteiger partial charge in [-0.15, -0.1) is 0 Å². The number of hydrogen-bond donors (Lipinski definition) is 2. The molecule has 0 aliphatic heterocycles. The van der Waals surface area contributed by atoms with Crippen LogP contribution in [0.25, 0.3) is 0 Å². The molecule has 1 unspecified atom stereocenters. The lowest BCUT2D eigenvalue weighted by Crippen LogP contribution is -2.32. The van der Waals surface area contributed by atoms with Crippen LogP contribution in [-0.2, 0) is 10.0 Å². The summed E-state index contributed by atoms with van der Waals surface area (Å²) < 4.78 is 26.7. The number of nitrogens with one attached hydrogen (secondary N) is 1. The highest BCUT2D eigenvalue weighted by Gasteiger charge is 2.20. The van der Waals surface area contributed by atoms with E-state index in [2.05, 4.69) is 25.6 Å². The minimum Gasteiger partial charge on any atom is -0.392 e. The van der Waals surface area contributed by atoms with Crippen LogP contribution >= 0.6 is 27.3 Å². The lowest BCUT2D eigenvalue weighted by molar-refractivity contribution is 0.167. The first-order valence-corrected chi connectivity index (χ1v) is 8.26. The monoisotopic (exact) mass is 342 g/mol. The fourth-order valence-electron chi connectivity index (χ4n) is 1.17. The van der Waals surface area contributed by atoms with Crippen LogP contribution in [0.1, 0.15) is 25.5 Å². The number of thiazole rings is 1. The summed E-state index contributed by atoms with van der Waals surface area (Å²) in [4.78, 5) is 3.95. The number of aryl methyl sites for hydroxylation is 1. The van der Waals surface area contributed by atoms with E-state index in [1.165, 1.54) is 0 Å². The van der Waals surface area contributed by atoms with E-state index in [0.29, 0.717) is 15.9 Å². The second-order valence-electron chi connectivity index (χ2n) is 3.63. The number of hydrogen-bond acceptors (Lipinski definition) is 5. The highest BCUT2D eigenvalue weighted by Crippen LogP contribution is 2.26. The van der Waals surface area contributed by atoms with Crippen molar-refractivity contribution in [3.05, 3.63) is 9.48 Å². The first-order chi connectivity index (χ1) is 7.86. The Morgan fingerprint density at radius 3 is 2.71 bits per heavy atom. The van der Waals surface area contributed by atoms with Crippen molar-refractivity contribution < 1.29 is 13.5 Å². The van der Waals surface area contributed by atoms with Gasteiger partial charge in [0.1, 0.15) is 0 Å². The molecule has 1 atom stereocenters. The van der Waals surface area contributed by atoms with Gasteiger partial charge in [-0.2, -0.15) is 0 Å². The van der Waals surface area contributed by atoms with E-state index in [4.69, 9.17) is 0 Å². The van der Waals surface area contributed by atoms with Gasteiger partial charge >= 0.3 is 0 Å². The molecule has 1 aromatic heterocycles. The molecule has 0 aliphatic carbocycles. The van der Waals surface area contributed by atoms with E-state index in [9.17, 15) is 13.5 Å². The van der Waals surface area contributed by atoms with E-state index in [-0.39, 0.29) is 10.9 Å². The van der Waals surface area contributed by atoms with Crippen molar-refractivity contribution in [3.8, 4) is 0 Å². The molecule has 0 amide bonds. The Bertz CT molecular complexity index is 453. The van der Waals surface area contributed by atoms with Crippen LogP contribution in [0.4, 0.5) is 0 Å². The Labute approximate surface area is 113 Å². The van der Waals surface area contributed by atoms with E-state index in [0.717, 1.165) is 17.8 Å². The van der Waals surface area contributed by atoms with Gasteiger partial charge in [-0.1, -0.05) is 24.7 Å². The van der Waals surface area contributed by atoms with Gasteiger partial charge < -0.3 is 5.11 Å². The van der Waals surface area contributed by atoms with Gasteiger partial charge in [0.2, 0.25) is 4.34 Å². The maximum absolute atomic E-state index is 11.8. The number of sulfonamides is 1. The summed E-state index contributed by atoms with van der Waals surface area (Å²) in [5, 5.41) is 9.47. The first kappa shape index (κ1) is 15.0. The highest BCUT2D eigenvalue weighted by atomic mass is 79.9. The zero-order valence-corrected chi connectivity index (χ0v) is 12.8. The van der Waals surface area contributed by atoms with Gasteiger partial charge in [0.25, 0.3) is 10.0 Å². The van der Waals surface area contributed by atoms with Gasteiger partial charge in [-0.25, -0.2) is 18.1 Å². The molecule has 0 bridgehead atoms. The predicted molar refractivity (Wildman–Crippen MR) is 70.7 cm³/mol.